The first kappa shape index (κ1) is 30.0. The molecule has 0 aliphatic carbocycles. The third-order valence-electron chi connectivity index (χ3n) is 5.63. The lowest BCUT2D eigenvalue weighted by Gasteiger charge is -2.23. The van der Waals surface area contributed by atoms with E-state index in [9.17, 15) is 33.8 Å². The van der Waals surface area contributed by atoms with Crippen LogP contribution in [0.15, 0.2) is 59.5 Å². The summed E-state index contributed by atoms with van der Waals surface area (Å²) < 4.78 is 20.1. The zero-order valence-corrected chi connectivity index (χ0v) is 22.5. The van der Waals surface area contributed by atoms with Crippen LogP contribution in [0.4, 0.5) is 14.9 Å². The molecule has 212 valence electrons. The molecule has 2 aromatic carbocycles. The topological polar surface area (TPSA) is 160 Å². The third kappa shape index (κ3) is 7.96. The fraction of sp³-hybridized carbons (Fsp3) is 0.321. The largest absolute Gasteiger partial charge is 0.505 e. The van der Waals surface area contributed by atoms with Crippen molar-refractivity contribution >= 4 is 23.5 Å². The Kier molecular flexibility index (Phi) is 9.38. The average molecular weight is 555 g/mol. The van der Waals surface area contributed by atoms with E-state index < -0.39 is 59.2 Å². The van der Waals surface area contributed by atoms with Crippen molar-refractivity contribution < 1.29 is 33.7 Å². The van der Waals surface area contributed by atoms with Gasteiger partial charge >= 0.3 is 6.09 Å². The number of nitrogens with zero attached hydrogens (tertiary/aromatic N) is 2. The first-order chi connectivity index (χ1) is 18.7. The van der Waals surface area contributed by atoms with Gasteiger partial charge in [-0.25, -0.2) is 14.2 Å². The summed E-state index contributed by atoms with van der Waals surface area (Å²) in [6.45, 7) is 5.51. The van der Waals surface area contributed by atoms with Gasteiger partial charge in [-0.05, 0) is 51.8 Å². The van der Waals surface area contributed by atoms with Gasteiger partial charge in [0.1, 0.15) is 29.8 Å². The van der Waals surface area contributed by atoms with Crippen LogP contribution in [0.2, 0.25) is 0 Å². The Bertz CT molecular complexity index is 1450. The lowest BCUT2D eigenvalue weighted by atomic mass is 9.98. The molecule has 0 unspecified atom stereocenters. The summed E-state index contributed by atoms with van der Waals surface area (Å²) in [6.07, 6.45) is -1.52. The van der Waals surface area contributed by atoms with Crippen LogP contribution in [0.1, 0.15) is 33.3 Å². The smallest absolute Gasteiger partial charge is 0.412 e. The van der Waals surface area contributed by atoms with Crippen LogP contribution in [-0.2, 0) is 27.3 Å². The van der Waals surface area contributed by atoms with Crippen LogP contribution in [0, 0.1) is 5.82 Å². The Labute approximate surface area is 229 Å². The highest BCUT2D eigenvalue weighted by molar-refractivity contribution is 5.85. The zero-order chi connectivity index (χ0) is 29.6. The number of phenols is 1. The fourth-order valence-corrected chi connectivity index (χ4v) is 3.81. The number of ether oxygens (including phenoxy) is 1. The number of amides is 2. The minimum Gasteiger partial charge on any atom is -0.505 e. The molecule has 3 rings (SSSR count). The van der Waals surface area contributed by atoms with E-state index >= 15 is 0 Å². The molecule has 0 radical (unpaired) electrons. The van der Waals surface area contributed by atoms with Crippen LogP contribution in [0.25, 0.3) is 11.4 Å². The Morgan fingerprint density at radius 2 is 1.80 bits per heavy atom. The van der Waals surface area contributed by atoms with E-state index in [-0.39, 0.29) is 17.9 Å². The van der Waals surface area contributed by atoms with Crippen molar-refractivity contribution in [3.63, 3.8) is 0 Å². The quantitative estimate of drug-likeness (QED) is 0.314. The molecule has 0 fully saturated rings. The summed E-state index contributed by atoms with van der Waals surface area (Å²) in [6, 6.07) is 10.9. The van der Waals surface area contributed by atoms with Gasteiger partial charge in [0.05, 0.1) is 12.2 Å². The number of anilines is 1. The van der Waals surface area contributed by atoms with E-state index in [2.05, 4.69) is 15.6 Å². The molecule has 12 heteroatoms. The Balaban J connectivity index is 1.93. The number of carbonyl (C=O) groups excluding carboxylic acids is 3. The SMILES string of the molecule is CC(=O)[C@@H](O)[C@@H](Cc1ccc(O)c(F)c1)NC(=O)Cn1c(-c2ccccc2)ncc(NC(=O)OC(C)(C)C)c1=O. The van der Waals surface area contributed by atoms with Crippen LogP contribution in [0.3, 0.4) is 0 Å². The maximum absolute atomic E-state index is 13.9. The van der Waals surface area contributed by atoms with Gasteiger partial charge in [0, 0.05) is 5.56 Å². The molecule has 0 saturated carbocycles. The van der Waals surface area contributed by atoms with E-state index in [0.29, 0.717) is 11.1 Å². The van der Waals surface area contributed by atoms with Crippen molar-refractivity contribution in [1.29, 1.82) is 0 Å². The number of aliphatic hydroxyl groups excluding tert-OH is 1. The van der Waals surface area contributed by atoms with Crippen molar-refractivity contribution in [2.75, 3.05) is 5.32 Å². The highest BCUT2D eigenvalue weighted by Gasteiger charge is 2.27. The molecule has 0 bridgehead atoms. The van der Waals surface area contributed by atoms with Crippen molar-refractivity contribution in [2.24, 2.45) is 0 Å². The third-order valence-corrected chi connectivity index (χ3v) is 5.63. The number of carbonyl (C=O) groups is 3. The van der Waals surface area contributed by atoms with Crippen molar-refractivity contribution in [3.05, 3.63) is 76.5 Å². The number of Topliss-reactive ketones (excluding diaryl/α,β-unsaturated/α-hetero) is 1. The molecule has 2 atom stereocenters. The second kappa shape index (κ2) is 12.5. The van der Waals surface area contributed by atoms with Gasteiger partial charge in [-0.3, -0.25) is 24.3 Å². The summed E-state index contributed by atoms with van der Waals surface area (Å²) in [5.41, 5.74) is -1.00. The van der Waals surface area contributed by atoms with Gasteiger partial charge in [0.2, 0.25) is 5.91 Å². The molecule has 40 heavy (non-hydrogen) atoms. The van der Waals surface area contributed by atoms with Gasteiger partial charge in [-0.2, -0.15) is 0 Å². The monoisotopic (exact) mass is 554 g/mol. The minimum absolute atomic E-state index is 0.125. The summed E-state index contributed by atoms with van der Waals surface area (Å²) in [5.74, 6) is -2.76. The van der Waals surface area contributed by atoms with Crippen LogP contribution >= 0.6 is 0 Å². The van der Waals surface area contributed by atoms with E-state index in [1.54, 1.807) is 51.1 Å². The van der Waals surface area contributed by atoms with Crippen molar-refractivity contribution in [2.45, 2.75) is 58.4 Å². The number of hydrogen-bond donors (Lipinski definition) is 4. The summed E-state index contributed by atoms with van der Waals surface area (Å²) >= 11 is 0. The molecular formula is C28H31FN4O7. The van der Waals surface area contributed by atoms with Gasteiger partial charge in [0.15, 0.2) is 17.3 Å². The molecule has 11 nitrogen and oxygen atoms in total. The number of aromatic nitrogens is 2. The maximum Gasteiger partial charge on any atom is 0.412 e. The first-order valence-corrected chi connectivity index (χ1v) is 12.4. The number of rotatable bonds is 9. The Morgan fingerprint density at radius 1 is 1.12 bits per heavy atom. The van der Waals surface area contributed by atoms with E-state index in [1.165, 1.54) is 6.07 Å². The lowest BCUT2D eigenvalue weighted by molar-refractivity contribution is -0.128. The van der Waals surface area contributed by atoms with Crippen LogP contribution in [0.5, 0.6) is 5.75 Å². The molecule has 0 spiro atoms. The second-order valence-corrected chi connectivity index (χ2v) is 10.1. The predicted molar refractivity (Wildman–Crippen MR) is 144 cm³/mol. The number of nitrogens with one attached hydrogen (secondary N) is 2. The Hall–Kier alpha value is -4.58. The number of benzene rings is 2. The standard InChI is InChI=1S/C28H31FN4O7/c1-16(34)24(37)20(13-17-10-11-22(35)19(29)12-17)31-23(36)15-33-25(18-8-6-5-7-9-18)30-14-21(26(33)38)32-27(39)40-28(2,3)4/h5-12,14,20,24,35,37H,13,15H2,1-4H3,(H,31,36)(H,32,39)/t20-,24-/m1/s1. The predicted octanol–water partition coefficient (Wildman–Crippen LogP) is 2.78. The first-order valence-electron chi connectivity index (χ1n) is 12.4. The molecule has 0 saturated heterocycles. The van der Waals surface area contributed by atoms with Crippen molar-refractivity contribution in [3.8, 4) is 17.1 Å². The average Bonchev–Trinajstić information content (AvgIpc) is 2.87. The van der Waals surface area contributed by atoms with Crippen LogP contribution < -0.4 is 16.2 Å². The van der Waals surface area contributed by atoms with Crippen molar-refractivity contribution in [1.82, 2.24) is 14.9 Å². The molecule has 0 aliphatic rings. The number of aromatic hydroxyl groups is 1. The number of phenolic OH excluding ortho intramolecular Hbond substituents is 1. The van der Waals surface area contributed by atoms with E-state index in [4.69, 9.17) is 4.74 Å². The van der Waals surface area contributed by atoms with Gasteiger partial charge in [-0.15, -0.1) is 0 Å². The van der Waals surface area contributed by atoms with Gasteiger partial charge in [-0.1, -0.05) is 36.4 Å². The van der Waals surface area contributed by atoms with Gasteiger partial charge < -0.3 is 20.3 Å². The molecular weight excluding hydrogens is 523 g/mol. The molecule has 2 amide bonds. The Morgan fingerprint density at radius 3 is 2.40 bits per heavy atom. The summed E-state index contributed by atoms with van der Waals surface area (Å²) in [4.78, 5) is 55.1. The van der Waals surface area contributed by atoms with Crippen LogP contribution in [-0.4, -0.2) is 55.3 Å². The number of aliphatic hydroxyl groups is 1. The van der Waals surface area contributed by atoms with E-state index in [0.717, 1.165) is 29.8 Å². The highest BCUT2D eigenvalue weighted by atomic mass is 19.1. The number of halogens is 1. The minimum atomic E-state index is -1.63. The molecule has 1 aromatic heterocycles. The molecule has 0 aliphatic heterocycles. The molecule has 3 aromatic rings. The summed E-state index contributed by atoms with van der Waals surface area (Å²) in [5, 5.41) is 24.8. The number of ketones is 1. The molecule has 1 heterocycles. The highest BCUT2D eigenvalue weighted by Crippen LogP contribution is 2.19. The van der Waals surface area contributed by atoms with E-state index in [1.807, 2.05) is 0 Å². The second-order valence-electron chi connectivity index (χ2n) is 10.1. The maximum atomic E-state index is 13.9. The number of hydrogen-bond acceptors (Lipinski definition) is 8. The molecule has 4 N–H and O–H groups in total. The fourth-order valence-electron chi connectivity index (χ4n) is 3.81. The zero-order valence-electron chi connectivity index (χ0n) is 22.5. The summed E-state index contributed by atoms with van der Waals surface area (Å²) in [7, 11) is 0. The van der Waals surface area contributed by atoms with Gasteiger partial charge in [0.25, 0.3) is 5.56 Å². The lowest BCUT2D eigenvalue weighted by Crippen LogP contribution is -2.49. The normalized spacial score (nSPS) is 12.8.